The summed E-state index contributed by atoms with van der Waals surface area (Å²) in [7, 11) is -2.13. The number of hydrogen-bond acceptors (Lipinski definition) is 3. The number of para-hydroxylation sites is 1. The topological polar surface area (TPSA) is 71.4 Å². The average Bonchev–Trinajstić information content (AvgIpc) is 2.91. The van der Waals surface area contributed by atoms with Gasteiger partial charge >= 0.3 is 0 Å². The van der Waals surface area contributed by atoms with Gasteiger partial charge in [-0.3, -0.25) is 9.52 Å². The van der Waals surface area contributed by atoms with Crippen LogP contribution in [0.1, 0.15) is 65.5 Å². The van der Waals surface area contributed by atoms with Gasteiger partial charge in [0.05, 0.1) is 11.3 Å². The Morgan fingerprint density at radius 2 is 1.67 bits per heavy atom. The molecule has 1 amide bonds. The molecule has 1 fully saturated rings. The van der Waals surface area contributed by atoms with E-state index in [1.807, 2.05) is 50.9 Å². The normalized spacial score (nSPS) is 15.2. The average molecular weight is 432 g/mol. The van der Waals surface area contributed by atoms with E-state index in [-0.39, 0.29) is 10.8 Å². The van der Waals surface area contributed by atoms with Crippen LogP contribution in [-0.4, -0.2) is 36.9 Å². The summed E-state index contributed by atoms with van der Waals surface area (Å²) in [5.74, 6) is -0.182. The van der Waals surface area contributed by atoms with Gasteiger partial charge in [0.25, 0.3) is 15.9 Å². The third-order valence-electron chi connectivity index (χ3n) is 6.28. The van der Waals surface area contributed by atoms with Crippen LogP contribution in [0.15, 0.2) is 23.1 Å². The van der Waals surface area contributed by atoms with Crippen LogP contribution in [-0.2, 0) is 23.5 Å². The summed E-state index contributed by atoms with van der Waals surface area (Å²) >= 11 is 0. The molecule has 7 heteroatoms. The van der Waals surface area contributed by atoms with Gasteiger partial charge < -0.3 is 9.47 Å². The number of aryl methyl sites for hydroxylation is 2. The van der Waals surface area contributed by atoms with Crippen molar-refractivity contribution in [2.75, 3.05) is 17.8 Å². The summed E-state index contributed by atoms with van der Waals surface area (Å²) in [6.45, 7) is 8.83. The van der Waals surface area contributed by atoms with E-state index in [9.17, 15) is 13.2 Å². The molecular formula is C23H33N3O3S. The van der Waals surface area contributed by atoms with Gasteiger partial charge in [0.15, 0.2) is 0 Å². The zero-order valence-corrected chi connectivity index (χ0v) is 19.5. The standard InChI is InChI=1S/C23H33N3O3S/c1-6-19-13-11-12-16(2)21(19)24-30(28,29)22-18(4)25(5)17(3)20(22)23(27)26-14-9-7-8-10-15-26/h11-13,24H,6-10,14-15H2,1-5H3. The predicted octanol–water partition coefficient (Wildman–Crippen LogP) is 4.33. The summed E-state index contributed by atoms with van der Waals surface area (Å²) in [6, 6.07) is 5.75. The lowest BCUT2D eigenvalue weighted by molar-refractivity contribution is 0.0757. The summed E-state index contributed by atoms with van der Waals surface area (Å²) in [5.41, 5.74) is 3.96. The molecule has 6 nitrogen and oxygen atoms in total. The van der Waals surface area contributed by atoms with E-state index >= 15 is 0 Å². The molecule has 1 N–H and O–H groups in total. The first kappa shape index (κ1) is 22.4. The number of hydrogen-bond donors (Lipinski definition) is 1. The van der Waals surface area contributed by atoms with E-state index in [1.165, 1.54) is 0 Å². The van der Waals surface area contributed by atoms with Crippen LogP contribution in [0.4, 0.5) is 5.69 Å². The Hall–Kier alpha value is -2.28. The van der Waals surface area contributed by atoms with Gasteiger partial charge in [0.1, 0.15) is 4.90 Å². The second-order valence-corrected chi connectivity index (χ2v) is 9.83. The van der Waals surface area contributed by atoms with E-state index < -0.39 is 10.0 Å². The van der Waals surface area contributed by atoms with Gasteiger partial charge in [-0.25, -0.2) is 8.42 Å². The summed E-state index contributed by atoms with van der Waals surface area (Å²) in [6.07, 6.45) is 4.85. The Labute approximate surface area is 180 Å². The Kier molecular flexibility index (Phi) is 6.60. The van der Waals surface area contributed by atoms with Crippen LogP contribution >= 0.6 is 0 Å². The molecule has 1 aliphatic heterocycles. The van der Waals surface area contributed by atoms with Gasteiger partial charge in [0, 0.05) is 31.5 Å². The van der Waals surface area contributed by atoms with Gasteiger partial charge in [0.2, 0.25) is 0 Å². The Balaban J connectivity index is 2.09. The van der Waals surface area contributed by atoms with Gasteiger partial charge in [-0.2, -0.15) is 0 Å². The number of benzene rings is 1. The fraction of sp³-hybridized carbons (Fsp3) is 0.522. The first-order chi connectivity index (χ1) is 14.2. The molecule has 2 aromatic rings. The molecular weight excluding hydrogens is 398 g/mol. The fourth-order valence-corrected chi connectivity index (χ4v) is 5.98. The van der Waals surface area contributed by atoms with Crippen molar-refractivity contribution in [3.05, 3.63) is 46.3 Å². The maximum absolute atomic E-state index is 13.6. The first-order valence-electron chi connectivity index (χ1n) is 10.8. The number of likely N-dealkylation sites (tertiary alicyclic amines) is 1. The van der Waals surface area contributed by atoms with E-state index in [0.717, 1.165) is 36.8 Å². The van der Waals surface area contributed by atoms with Gasteiger partial charge in [-0.1, -0.05) is 38.0 Å². The molecule has 0 saturated carbocycles. The number of rotatable bonds is 5. The monoisotopic (exact) mass is 431 g/mol. The molecule has 1 aliphatic rings. The van der Waals surface area contributed by atoms with Crippen molar-refractivity contribution in [2.45, 2.75) is 64.7 Å². The van der Waals surface area contributed by atoms with Crippen LogP contribution in [0.25, 0.3) is 0 Å². The smallest absolute Gasteiger partial charge is 0.264 e. The summed E-state index contributed by atoms with van der Waals surface area (Å²) in [4.78, 5) is 15.4. The molecule has 0 spiro atoms. The summed E-state index contributed by atoms with van der Waals surface area (Å²) < 4.78 is 31.8. The van der Waals surface area contributed by atoms with Crippen LogP contribution in [0.5, 0.6) is 0 Å². The highest BCUT2D eigenvalue weighted by Gasteiger charge is 2.33. The van der Waals surface area contributed by atoms with E-state index in [1.54, 1.807) is 11.5 Å². The SMILES string of the molecule is CCc1cccc(C)c1NS(=O)(=O)c1c(C(=O)N2CCCCCC2)c(C)n(C)c1C. The molecule has 3 rings (SSSR count). The quantitative estimate of drug-likeness (QED) is 0.766. The second kappa shape index (κ2) is 8.84. The minimum atomic E-state index is -3.94. The predicted molar refractivity (Wildman–Crippen MR) is 121 cm³/mol. The Morgan fingerprint density at radius 1 is 1.03 bits per heavy atom. The molecule has 1 aromatic carbocycles. The zero-order chi connectivity index (χ0) is 22.1. The van der Waals surface area contributed by atoms with Crippen molar-refractivity contribution in [1.29, 1.82) is 0 Å². The fourth-order valence-electron chi connectivity index (χ4n) is 4.28. The minimum Gasteiger partial charge on any atom is -0.350 e. The number of nitrogens with zero attached hydrogens (tertiary/aromatic N) is 2. The lowest BCUT2D eigenvalue weighted by Gasteiger charge is -2.21. The van der Waals surface area contributed by atoms with Crippen LogP contribution in [0.2, 0.25) is 0 Å². The molecule has 2 heterocycles. The highest BCUT2D eigenvalue weighted by Crippen LogP contribution is 2.31. The third kappa shape index (κ3) is 4.13. The number of sulfonamides is 1. The molecule has 0 unspecified atom stereocenters. The Morgan fingerprint density at radius 3 is 2.27 bits per heavy atom. The minimum absolute atomic E-state index is 0.0991. The van der Waals surface area contributed by atoms with Crippen molar-refractivity contribution in [3.8, 4) is 0 Å². The van der Waals surface area contributed by atoms with E-state index in [4.69, 9.17) is 0 Å². The van der Waals surface area contributed by atoms with Crippen LogP contribution in [0, 0.1) is 20.8 Å². The number of nitrogens with one attached hydrogen (secondary N) is 1. The zero-order valence-electron chi connectivity index (χ0n) is 18.7. The molecule has 0 radical (unpaired) electrons. The third-order valence-corrected chi connectivity index (χ3v) is 7.79. The van der Waals surface area contributed by atoms with E-state index in [2.05, 4.69) is 4.72 Å². The molecule has 30 heavy (non-hydrogen) atoms. The highest BCUT2D eigenvalue weighted by atomic mass is 32.2. The molecule has 0 bridgehead atoms. The van der Waals surface area contributed by atoms with Crippen molar-refractivity contribution in [3.63, 3.8) is 0 Å². The molecule has 0 atom stereocenters. The number of carbonyl (C=O) groups excluding carboxylic acids is 1. The second-order valence-electron chi connectivity index (χ2n) is 8.21. The number of amides is 1. The maximum Gasteiger partial charge on any atom is 0.264 e. The van der Waals surface area contributed by atoms with Crippen molar-refractivity contribution >= 4 is 21.6 Å². The van der Waals surface area contributed by atoms with Gasteiger partial charge in [-0.15, -0.1) is 0 Å². The van der Waals surface area contributed by atoms with Crippen molar-refractivity contribution in [2.24, 2.45) is 7.05 Å². The van der Waals surface area contributed by atoms with Crippen molar-refractivity contribution in [1.82, 2.24) is 9.47 Å². The van der Waals surface area contributed by atoms with Gasteiger partial charge in [-0.05, 0) is 51.2 Å². The van der Waals surface area contributed by atoms with Crippen molar-refractivity contribution < 1.29 is 13.2 Å². The molecule has 0 aliphatic carbocycles. The summed E-state index contributed by atoms with van der Waals surface area (Å²) in [5, 5.41) is 0. The number of carbonyl (C=O) groups is 1. The van der Waals surface area contributed by atoms with Crippen LogP contribution in [0.3, 0.4) is 0 Å². The highest BCUT2D eigenvalue weighted by molar-refractivity contribution is 7.92. The molecule has 1 saturated heterocycles. The lowest BCUT2D eigenvalue weighted by Crippen LogP contribution is -2.33. The largest absolute Gasteiger partial charge is 0.350 e. The maximum atomic E-state index is 13.6. The van der Waals surface area contributed by atoms with E-state index in [0.29, 0.717) is 42.1 Å². The lowest BCUT2D eigenvalue weighted by atomic mass is 10.1. The number of anilines is 1. The number of aromatic nitrogens is 1. The van der Waals surface area contributed by atoms with Crippen LogP contribution < -0.4 is 4.72 Å². The first-order valence-corrected chi connectivity index (χ1v) is 12.2. The Bertz CT molecular complexity index is 1050. The molecule has 164 valence electrons. The molecule has 1 aromatic heterocycles.